The monoisotopic (exact) mass is 531 g/mol. The first-order valence-corrected chi connectivity index (χ1v) is 12.3. The standard InChI is InChI=1S/C31H24F3NO4/c32-31(33,34)22-16-14-21(15-17-22)28(29(36)37)35(18-20-8-2-1-3-9-20)30(38)39-19-27-25-12-6-4-10-23(25)24-11-5-7-13-26(24)27/h1-17,27-28H,18-19H2,(H,36,37). The fourth-order valence-electron chi connectivity index (χ4n) is 5.03. The Bertz CT molecular complexity index is 1440. The molecular formula is C31H24F3NO4. The molecule has 1 aliphatic rings. The molecule has 5 rings (SSSR count). The minimum atomic E-state index is -4.58. The number of hydrogen-bond donors (Lipinski definition) is 1. The van der Waals surface area contributed by atoms with Gasteiger partial charge in [-0.1, -0.05) is 91.0 Å². The van der Waals surface area contributed by atoms with E-state index in [2.05, 4.69) is 0 Å². The van der Waals surface area contributed by atoms with Gasteiger partial charge in [0.1, 0.15) is 6.61 Å². The number of rotatable bonds is 7. The number of carbonyl (C=O) groups is 2. The summed E-state index contributed by atoms with van der Waals surface area (Å²) in [5.74, 6) is -1.63. The Morgan fingerprint density at radius 3 is 1.87 bits per heavy atom. The molecule has 0 heterocycles. The van der Waals surface area contributed by atoms with Crippen LogP contribution in [0.15, 0.2) is 103 Å². The van der Waals surface area contributed by atoms with E-state index in [9.17, 15) is 27.9 Å². The minimum absolute atomic E-state index is 0.0277. The van der Waals surface area contributed by atoms with Crippen molar-refractivity contribution >= 4 is 12.1 Å². The van der Waals surface area contributed by atoms with Crippen LogP contribution >= 0.6 is 0 Å². The highest BCUT2D eigenvalue weighted by atomic mass is 19.4. The second-order valence-corrected chi connectivity index (χ2v) is 9.28. The van der Waals surface area contributed by atoms with Crippen molar-refractivity contribution in [2.45, 2.75) is 24.7 Å². The summed E-state index contributed by atoms with van der Waals surface area (Å²) in [7, 11) is 0. The molecule has 1 N–H and O–H groups in total. The zero-order chi connectivity index (χ0) is 27.6. The molecule has 0 saturated heterocycles. The molecule has 0 bridgehead atoms. The highest BCUT2D eigenvalue weighted by Crippen LogP contribution is 2.44. The zero-order valence-corrected chi connectivity index (χ0v) is 20.6. The number of fused-ring (bicyclic) bond motifs is 3. The second-order valence-electron chi connectivity index (χ2n) is 9.28. The summed E-state index contributed by atoms with van der Waals surface area (Å²) < 4.78 is 45.1. The van der Waals surface area contributed by atoms with Gasteiger partial charge in [0.2, 0.25) is 0 Å². The summed E-state index contributed by atoms with van der Waals surface area (Å²) in [5.41, 5.74) is 3.85. The van der Waals surface area contributed by atoms with Crippen molar-refractivity contribution in [3.63, 3.8) is 0 Å². The van der Waals surface area contributed by atoms with Crippen molar-refractivity contribution < 1.29 is 32.6 Å². The number of amides is 1. The van der Waals surface area contributed by atoms with Crippen molar-refractivity contribution in [2.75, 3.05) is 6.61 Å². The highest BCUT2D eigenvalue weighted by Gasteiger charge is 2.36. The Hall–Kier alpha value is -4.59. The van der Waals surface area contributed by atoms with Gasteiger partial charge in [-0.2, -0.15) is 13.2 Å². The van der Waals surface area contributed by atoms with Gasteiger partial charge in [-0.3, -0.25) is 4.90 Å². The number of nitrogens with zero attached hydrogens (tertiary/aromatic N) is 1. The van der Waals surface area contributed by atoms with Gasteiger partial charge in [0, 0.05) is 5.92 Å². The van der Waals surface area contributed by atoms with Crippen LogP contribution in [0.25, 0.3) is 11.1 Å². The number of benzene rings is 4. The third-order valence-corrected chi connectivity index (χ3v) is 6.87. The molecule has 0 radical (unpaired) electrons. The van der Waals surface area contributed by atoms with E-state index in [1.165, 1.54) is 0 Å². The van der Waals surface area contributed by atoms with E-state index in [-0.39, 0.29) is 24.6 Å². The number of hydrogen-bond acceptors (Lipinski definition) is 3. The minimum Gasteiger partial charge on any atom is -0.479 e. The quantitative estimate of drug-likeness (QED) is 0.272. The van der Waals surface area contributed by atoms with Crippen LogP contribution in [0.3, 0.4) is 0 Å². The van der Waals surface area contributed by atoms with E-state index in [0.29, 0.717) is 5.56 Å². The first-order chi connectivity index (χ1) is 18.7. The van der Waals surface area contributed by atoms with E-state index >= 15 is 0 Å². The molecule has 0 spiro atoms. The van der Waals surface area contributed by atoms with Crippen molar-refractivity contribution in [3.05, 3.63) is 131 Å². The lowest BCUT2D eigenvalue weighted by Crippen LogP contribution is -2.39. The molecule has 1 amide bonds. The van der Waals surface area contributed by atoms with Crippen molar-refractivity contribution in [3.8, 4) is 11.1 Å². The maximum atomic E-state index is 13.5. The third-order valence-electron chi connectivity index (χ3n) is 6.87. The number of alkyl halides is 3. The summed E-state index contributed by atoms with van der Waals surface area (Å²) in [5, 5.41) is 10.1. The summed E-state index contributed by atoms with van der Waals surface area (Å²) >= 11 is 0. The normalized spacial score (nSPS) is 13.3. The molecule has 1 atom stereocenters. The summed E-state index contributed by atoms with van der Waals surface area (Å²) in [4.78, 5) is 27.0. The molecule has 4 aromatic rings. The van der Waals surface area contributed by atoms with Crippen LogP contribution in [0.2, 0.25) is 0 Å². The molecule has 0 aliphatic heterocycles. The molecule has 0 saturated carbocycles. The van der Waals surface area contributed by atoms with Crippen LogP contribution in [0.5, 0.6) is 0 Å². The number of halogens is 3. The highest BCUT2D eigenvalue weighted by molar-refractivity contribution is 5.82. The molecule has 1 aliphatic carbocycles. The second kappa shape index (κ2) is 10.6. The van der Waals surface area contributed by atoms with E-state index in [1.54, 1.807) is 30.3 Å². The van der Waals surface area contributed by atoms with E-state index in [0.717, 1.165) is 51.4 Å². The number of aliphatic carboxylic acids is 1. The molecule has 198 valence electrons. The number of carbonyl (C=O) groups excluding carboxylic acids is 1. The predicted octanol–water partition coefficient (Wildman–Crippen LogP) is 7.28. The van der Waals surface area contributed by atoms with Gasteiger partial charge in [0.05, 0.1) is 12.1 Å². The molecule has 0 fully saturated rings. The maximum Gasteiger partial charge on any atom is 0.416 e. The van der Waals surface area contributed by atoms with Crippen molar-refractivity contribution in [2.24, 2.45) is 0 Å². The molecule has 39 heavy (non-hydrogen) atoms. The van der Waals surface area contributed by atoms with Crippen LogP contribution in [0.1, 0.15) is 39.8 Å². The first kappa shape index (κ1) is 26.0. The third kappa shape index (κ3) is 5.36. The van der Waals surface area contributed by atoms with Gasteiger partial charge >= 0.3 is 18.2 Å². The Morgan fingerprint density at radius 2 is 1.33 bits per heavy atom. The van der Waals surface area contributed by atoms with Gasteiger partial charge in [-0.05, 0) is 45.5 Å². The fraction of sp³-hybridized carbons (Fsp3) is 0.161. The average molecular weight is 532 g/mol. The Morgan fingerprint density at radius 1 is 0.795 bits per heavy atom. The van der Waals surface area contributed by atoms with Gasteiger partial charge in [-0.15, -0.1) is 0 Å². The molecule has 8 heteroatoms. The van der Waals surface area contributed by atoms with Gasteiger partial charge in [0.15, 0.2) is 6.04 Å². The van der Waals surface area contributed by atoms with Crippen LogP contribution < -0.4 is 0 Å². The maximum absolute atomic E-state index is 13.5. The van der Waals surface area contributed by atoms with E-state index in [1.807, 2.05) is 48.5 Å². The molecule has 0 aromatic heterocycles. The smallest absolute Gasteiger partial charge is 0.416 e. The SMILES string of the molecule is O=C(O)C(c1ccc(C(F)(F)F)cc1)N(Cc1ccccc1)C(=O)OCC1c2ccccc2-c2ccccc21. The lowest BCUT2D eigenvalue weighted by molar-refractivity contribution is -0.143. The molecule has 1 unspecified atom stereocenters. The summed E-state index contributed by atoms with van der Waals surface area (Å²) in [6.07, 6.45) is -5.46. The van der Waals surface area contributed by atoms with Crippen LogP contribution in [-0.4, -0.2) is 28.7 Å². The summed E-state index contributed by atoms with van der Waals surface area (Å²) in [6, 6.07) is 26.6. The predicted molar refractivity (Wildman–Crippen MR) is 139 cm³/mol. The number of carboxylic acids is 1. The van der Waals surface area contributed by atoms with E-state index in [4.69, 9.17) is 4.74 Å². The number of ether oxygens (including phenoxy) is 1. The van der Waals surface area contributed by atoms with Gasteiger partial charge in [-0.25, -0.2) is 9.59 Å². The Kier molecular flexibility index (Phi) is 7.11. The largest absolute Gasteiger partial charge is 0.479 e. The lowest BCUT2D eigenvalue weighted by Gasteiger charge is -2.29. The van der Waals surface area contributed by atoms with Crippen molar-refractivity contribution in [1.82, 2.24) is 4.90 Å². The fourth-order valence-corrected chi connectivity index (χ4v) is 5.03. The molecule has 4 aromatic carbocycles. The Balaban J connectivity index is 1.45. The van der Waals surface area contributed by atoms with Crippen LogP contribution in [0.4, 0.5) is 18.0 Å². The van der Waals surface area contributed by atoms with Gasteiger partial charge in [0.25, 0.3) is 0 Å². The van der Waals surface area contributed by atoms with E-state index < -0.39 is 29.8 Å². The Labute approximate surface area is 223 Å². The lowest BCUT2D eigenvalue weighted by atomic mass is 9.98. The summed E-state index contributed by atoms with van der Waals surface area (Å²) in [6.45, 7) is -0.146. The zero-order valence-electron chi connectivity index (χ0n) is 20.6. The number of carboxylic acid groups (broad SMARTS) is 1. The van der Waals surface area contributed by atoms with Crippen LogP contribution in [-0.2, 0) is 22.3 Å². The molecule has 5 nitrogen and oxygen atoms in total. The molecular weight excluding hydrogens is 507 g/mol. The first-order valence-electron chi connectivity index (χ1n) is 12.3. The topological polar surface area (TPSA) is 66.8 Å². The van der Waals surface area contributed by atoms with Gasteiger partial charge < -0.3 is 9.84 Å². The van der Waals surface area contributed by atoms with Crippen LogP contribution in [0, 0.1) is 0 Å². The van der Waals surface area contributed by atoms with Crippen molar-refractivity contribution in [1.29, 1.82) is 0 Å². The average Bonchev–Trinajstić information content (AvgIpc) is 3.25.